The summed E-state index contributed by atoms with van der Waals surface area (Å²) in [4.78, 5) is 16.3. The van der Waals surface area contributed by atoms with Gasteiger partial charge in [0.15, 0.2) is 6.10 Å². The normalized spacial score (nSPS) is 13.7. The van der Waals surface area contributed by atoms with Crippen LogP contribution in [0.4, 0.5) is 0 Å². The van der Waals surface area contributed by atoms with Crippen LogP contribution in [0.25, 0.3) is 0 Å². The van der Waals surface area contributed by atoms with E-state index in [2.05, 4.69) is 10.3 Å². The maximum atomic E-state index is 11.8. The number of aromatic nitrogens is 1. The van der Waals surface area contributed by atoms with E-state index in [9.17, 15) is 4.79 Å². The Bertz CT molecular complexity index is 447. The van der Waals surface area contributed by atoms with Crippen LogP contribution < -0.4 is 15.8 Å². The molecule has 0 aliphatic heterocycles. The van der Waals surface area contributed by atoms with E-state index in [0.717, 1.165) is 17.8 Å². The molecule has 1 aromatic heterocycles. The van der Waals surface area contributed by atoms with Crippen molar-refractivity contribution in [3.63, 3.8) is 0 Å². The Kier molecular flexibility index (Phi) is 6.45. The number of nitrogens with one attached hydrogen (secondary N) is 1. The second-order valence-electron chi connectivity index (χ2n) is 5.13. The van der Waals surface area contributed by atoms with Crippen LogP contribution in [0.3, 0.4) is 0 Å². The van der Waals surface area contributed by atoms with Crippen LogP contribution in [0.1, 0.15) is 38.6 Å². The van der Waals surface area contributed by atoms with Crippen molar-refractivity contribution < 1.29 is 9.53 Å². The molecule has 1 aromatic rings. The molecule has 0 spiro atoms. The lowest BCUT2D eigenvalue weighted by molar-refractivity contribution is -0.127. The topological polar surface area (TPSA) is 77.2 Å². The van der Waals surface area contributed by atoms with Gasteiger partial charge in [0.05, 0.1) is 5.69 Å². The molecule has 5 nitrogen and oxygen atoms in total. The first-order chi connectivity index (χ1) is 9.43. The van der Waals surface area contributed by atoms with Crippen LogP contribution in [0, 0.1) is 6.92 Å². The quantitative estimate of drug-likeness (QED) is 0.794. The van der Waals surface area contributed by atoms with Gasteiger partial charge in [-0.15, -0.1) is 0 Å². The Labute approximate surface area is 120 Å². The van der Waals surface area contributed by atoms with Crippen molar-refractivity contribution in [1.82, 2.24) is 10.3 Å². The molecule has 0 saturated heterocycles. The average molecular weight is 279 g/mol. The average Bonchev–Trinajstić information content (AvgIpc) is 2.38. The number of amides is 1. The van der Waals surface area contributed by atoms with Gasteiger partial charge in [-0.1, -0.05) is 6.92 Å². The molecule has 112 valence electrons. The highest BCUT2D eigenvalue weighted by Gasteiger charge is 2.17. The van der Waals surface area contributed by atoms with E-state index in [1.165, 1.54) is 0 Å². The summed E-state index contributed by atoms with van der Waals surface area (Å²) >= 11 is 0. The Morgan fingerprint density at radius 2 is 2.15 bits per heavy atom. The van der Waals surface area contributed by atoms with E-state index in [-0.39, 0.29) is 11.9 Å². The molecule has 2 unspecified atom stereocenters. The molecule has 0 aliphatic rings. The van der Waals surface area contributed by atoms with E-state index in [4.69, 9.17) is 10.5 Å². The zero-order valence-electron chi connectivity index (χ0n) is 12.8. The molecular formula is C15H25N3O2. The fourth-order valence-electron chi connectivity index (χ4n) is 1.79. The van der Waals surface area contributed by atoms with Crippen molar-refractivity contribution >= 4 is 5.91 Å². The van der Waals surface area contributed by atoms with Crippen LogP contribution in [0.5, 0.6) is 5.75 Å². The Morgan fingerprint density at radius 1 is 1.45 bits per heavy atom. The largest absolute Gasteiger partial charge is 0.479 e. The van der Waals surface area contributed by atoms with Gasteiger partial charge in [-0.3, -0.25) is 9.78 Å². The summed E-state index contributed by atoms with van der Waals surface area (Å²) in [5, 5.41) is 2.81. The van der Waals surface area contributed by atoms with Gasteiger partial charge in [0, 0.05) is 24.7 Å². The van der Waals surface area contributed by atoms with Gasteiger partial charge < -0.3 is 15.8 Å². The van der Waals surface area contributed by atoms with Crippen LogP contribution in [-0.4, -0.2) is 29.6 Å². The number of ether oxygens (including phenoxy) is 1. The van der Waals surface area contributed by atoms with Gasteiger partial charge in [-0.25, -0.2) is 0 Å². The third-order valence-electron chi connectivity index (χ3n) is 2.81. The van der Waals surface area contributed by atoms with Crippen molar-refractivity contribution in [2.75, 3.05) is 6.54 Å². The number of nitrogens with two attached hydrogens (primary N) is 1. The third kappa shape index (κ3) is 5.17. The second-order valence-corrected chi connectivity index (χ2v) is 5.13. The van der Waals surface area contributed by atoms with Gasteiger partial charge in [0.25, 0.3) is 5.91 Å². The number of carbonyl (C=O) groups excluding carboxylic acids is 1. The van der Waals surface area contributed by atoms with Crippen LogP contribution in [-0.2, 0) is 11.2 Å². The highest BCUT2D eigenvalue weighted by atomic mass is 16.5. The summed E-state index contributed by atoms with van der Waals surface area (Å²) in [6.07, 6.45) is 0.985. The van der Waals surface area contributed by atoms with E-state index in [0.29, 0.717) is 18.7 Å². The van der Waals surface area contributed by atoms with E-state index < -0.39 is 6.10 Å². The van der Waals surface area contributed by atoms with E-state index >= 15 is 0 Å². The minimum atomic E-state index is -0.544. The first-order valence-corrected chi connectivity index (χ1v) is 7.10. The minimum Gasteiger partial charge on any atom is -0.479 e. The molecule has 0 aromatic carbocycles. The summed E-state index contributed by atoms with van der Waals surface area (Å²) in [5.41, 5.74) is 7.54. The van der Waals surface area contributed by atoms with Crippen molar-refractivity contribution in [3.05, 3.63) is 23.5 Å². The lowest BCUT2D eigenvalue weighted by Crippen LogP contribution is -2.37. The van der Waals surface area contributed by atoms with E-state index in [1.807, 2.05) is 32.9 Å². The Hall–Kier alpha value is -1.62. The standard InChI is InChI=1S/C15H25N3O2/c1-5-8-17-15(19)12(4)20-14-7-6-11(3)18-13(14)9-10(2)16/h6-7,10,12H,5,8-9,16H2,1-4H3,(H,17,19). The number of rotatable bonds is 7. The first kappa shape index (κ1) is 16.4. The summed E-state index contributed by atoms with van der Waals surface area (Å²) in [5.74, 6) is 0.520. The molecule has 0 saturated carbocycles. The van der Waals surface area contributed by atoms with Gasteiger partial charge >= 0.3 is 0 Å². The molecule has 0 aliphatic carbocycles. The molecule has 2 atom stereocenters. The van der Waals surface area contributed by atoms with Gasteiger partial charge in [-0.05, 0) is 39.3 Å². The molecule has 0 bridgehead atoms. The summed E-state index contributed by atoms with van der Waals surface area (Å²) < 4.78 is 5.73. The number of pyridine rings is 1. The number of hydrogen-bond donors (Lipinski definition) is 2. The fraction of sp³-hybridized carbons (Fsp3) is 0.600. The number of nitrogens with zero attached hydrogens (tertiary/aromatic N) is 1. The predicted octanol–water partition coefficient (Wildman–Crippen LogP) is 1.57. The van der Waals surface area contributed by atoms with Crippen molar-refractivity contribution in [2.24, 2.45) is 5.73 Å². The molecule has 3 N–H and O–H groups in total. The Morgan fingerprint density at radius 3 is 2.75 bits per heavy atom. The number of aryl methyl sites for hydroxylation is 1. The number of carbonyl (C=O) groups is 1. The van der Waals surface area contributed by atoms with Crippen LogP contribution >= 0.6 is 0 Å². The summed E-state index contributed by atoms with van der Waals surface area (Å²) in [6, 6.07) is 3.72. The van der Waals surface area contributed by atoms with Gasteiger partial charge in [-0.2, -0.15) is 0 Å². The van der Waals surface area contributed by atoms with Crippen molar-refractivity contribution in [3.8, 4) is 5.75 Å². The van der Waals surface area contributed by atoms with Gasteiger partial charge in [0.1, 0.15) is 5.75 Å². The molecule has 1 amide bonds. The fourth-order valence-corrected chi connectivity index (χ4v) is 1.79. The molecule has 20 heavy (non-hydrogen) atoms. The maximum absolute atomic E-state index is 11.8. The van der Waals surface area contributed by atoms with E-state index in [1.54, 1.807) is 6.92 Å². The Balaban J connectivity index is 2.77. The molecular weight excluding hydrogens is 254 g/mol. The monoisotopic (exact) mass is 279 g/mol. The molecule has 0 radical (unpaired) electrons. The highest BCUT2D eigenvalue weighted by Crippen LogP contribution is 2.19. The summed E-state index contributed by atoms with van der Waals surface area (Å²) in [7, 11) is 0. The smallest absolute Gasteiger partial charge is 0.260 e. The maximum Gasteiger partial charge on any atom is 0.260 e. The molecule has 1 heterocycles. The second kappa shape index (κ2) is 7.85. The van der Waals surface area contributed by atoms with Crippen LogP contribution in [0.15, 0.2) is 12.1 Å². The third-order valence-corrected chi connectivity index (χ3v) is 2.81. The minimum absolute atomic E-state index is 0.00382. The van der Waals surface area contributed by atoms with Crippen molar-refractivity contribution in [2.45, 2.75) is 52.7 Å². The summed E-state index contributed by atoms with van der Waals surface area (Å²) in [6.45, 7) is 8.25. The lowest BCUT2D eigenvalue weighted by atomic mass is 10.1. The highest BCUT2D eigenvalue weighted by molar-refractivity contribution is 5.80. The number of hydrogen-bond acceptors (Lipinski definition) is 4. The SMILES string of the molecule is CCCNC(=O)C(C)Oc1ccc(C)nc1CC(C)N. The van der Waals surface area contributed by atoms with Crippen LogP contribution in [0.2, 0.25) is 0 Å². The van der Waals surface area contributed by atoms with Gasteiger partial charge in [0.2, 0.25) is 0 Å². The molecule has 1 rings (SSSR count). The molecule has 0 fully saturated rings. The predicted molar refractivity (Wildman–Crippen MR) is 79.7 cm³/mol. The first-order valence-electron chi connectivity index (χ1n) is 7.10. The zero-order chi connectivity index (χ0) is 15.1. The zero-order valence-corrected chi connectivity index (χ0v) is 12.8. The molecule has 5 heteroatoms. The lowest BCUT2D eigenvalue weighted by Gasteiger charge is -2.17. The van der Waals surface area contributed by atoms with Crippen molar-refractivity contribution in [1.29, 1.82) is 0 Å².